The molecular weight excluding hydrogens is 198 g/mol. The first kappa shape index (κ1) is 9.94. The molecule has 1 aromatic heterocycles. The normalized spacial score (nSPS) is 28.4. The van der Waals surface area contributed by atoms with Gasteiger partial charge in [-0.1, -0.05) is 6.42 Å². The number of fused-ring (bicyclic) bond motifs is 1. The molecule has 3 nitrogen and oxygen atoms in total. The number of nitrogens with zero attached hydrogens (tertiary/aromatic N) is 2. The van der Waals surface area contributed by atoms with Crippen molar-refractivity contribution in [3.05, 3.63) is 17.8 Å². The molecule has 2 unspecified atom stereocenters. The van der Waals surface area contributed by atoms with Gasteiger partial charge in [0.15, 0.2) is 0 Å². The number of nitrogen functional groups attached to an aromatic ring is 1. The van der Waals surface area contributed by atoms with E-state index in [0.29, 0.717) is 0 Å². The highest BCUT2D eigenvalue weighted by molar-refractivity contribution is 5.55. The van der Waals surface area contributed by atoms with Crippen LogP contribution in [0.4, 0.5) is 11.5 Å². The van der Waals surface area contributed by atoms with E-state index in [2.05, 4.69) is 9.88 Å². The largest absolute Gasteiger partial charge is 0.398 e. The van der Waals surface area contributed by atoms with Crippen LogP contribution >= 0.6 is 0 Å². The average Bonchev–Trinajstić information content (AvgIpc) is 2.81. The van der Waals surface area contributed by atoms with Crippen molar-refractivity contribution in [1.29, 1.82) is 0 Å². The minimum atomic E-state index is 0.863. The fourth-order valence-corrected chi connectivity index (χ4v) is 3.12. The zero-order valence-electron chi connectivity index (χ0n) is 9.82. The molecule has 0 bridgehead atoms. The van der Waals surface area contributed by atoms with Crippen LogP contribution in [0.3, 0.4) is 0 Å². The minimum Gasteiger partial charge on any atom is -0.398 e. The van der Waals surface area contributed by atoms with Crippen LogP contribution in [0, 0.1) is 18.8 Å². The standard InChI is InChI=1S/C13H19N3/c1-9-6-15-13(5-12(9)14)16-7-10-3-2-4-11(10)8-16/h5-6,10-11H,2-4,7-8H2,1H3,(H2,14,15). The van der Waals surface area contributed by atoms with Gasteiger partial charge < -0.3 is 10.6 Å². The van der Waals surface area contributed by atoms with Gasteiger partial charge in [-0.05, 0) is 37.2 Å². The quantitative estimate of drug-likeness (QED) is 0.784. The van der Waals surface area contributed by atoms with Gasteiger partial charge in [0.2, 0.25) is 0 Å². The monoisotopic (exact) mass is 217 g/mol. The zero-order valence-corrected chi connectivity index (χ0v) is 9.82. The Bertz CT molecular complexity index is 390. The Morgan fingerprint density at radius 2 is 2.00 bits per heavy atom. The summed E-state index contributed by atoms with van der Waals surface area (Å²) in [4.78, 5) is 6.90. The first-order chi connectivity index (χ1) is 7.74. The highest BCUT2D eigenvalue weighted by Crippen LogP contribution is 2.39. The number of anilines is 2. The van der Waals surface area contributed by atoms with E-state index in [9.17, 15) is 0 Å². The number of aryl methyl sites for hydroxylation is 1. The lowest BCUT2D eigenvalue weighted by Crippen LogP contribution is -2.22. The van der Waals surface area contributed by atoms with Crippen LogP contribution in [0.1, 0.15) is 24.8 Å². The molecule has 0 radical (unpaired) electrons. The van der Waals surface area contributed by atoms with Crippen LogP contribution in [0.25, 0.3) is 0 Å². The number of rotatable bonds is 1. The number of pyridine rings is 1. The molecule has 2 fully saturated rings. The molecule has 2 aliphatic rings. The van der Waals surface area contributed by atoms with Crippen molar-refractivity contribution in [2.75, 3.05) is 23.7 Å². The van der Waals surface area contributed by atoms with Crippen molar-refractivity contribution in [3.8, 4) is 0 Å². The molecule has 1 aliphatic heterocycles. The molecule has 0 aromatic carbocycles. The molecule has 2 heterocycles. The molecule has 1 aliphatic carbocycles. The lowest BCUT2D eigenvalue weighted by molar-refractivity contribution is 0.494. The Labute approximate surface area is 96.7 Å². The van der Waals surface area contributed by atoms with Crippen LogP contribution in [0.2, 0.25) is 0 Å². The van der Waals surface area contributed by atoms with Crippen molar-refractivity contribution in [2.45, 2.75) is 26.2 Å². The predicted molar refractivity (Wildman–Crippen MR) is 66.4 cm³/mol. The molecule has 1 saturated heterocycles. The summed E-state index contributed by atoms with van der Waals surface area (Å²) in [5.74, 6) is 2.88. The van der Waals surface area contributed by atoms with Crippen LogP contribution in [0.5, 0.6) is 0 Å². The highest BCUT2D eigenvalue weighted by atomic mass is 15.2. The second-order valence-corrected chi connectivity index (χ2v) is 5.26. The van der Waals surface area contributed by atoms with E-state index in [1.54, 1.807) is 0 Å². The summed E-state index contributed by atoms with van der Waals surface area (Å²) in [7, 11) is 0. The number of hydrogen-bond donors (Lipinski definition) is 1. The third-order valence-electron chi connectivity index (χ3n) is 4.18. The summed E-state index contributed by atoms with van der Waals surface area (Å²) >= 11 is 0. The molecular formula is C13H19N3. The van der Waals surface area contributed by atoms with Crippen LogP contribution < -0.4 is 10.6 Å². The van der Waals surface area contributed by atoms with Gasteiger partial charge in [0.05, 0.1) is 0 Å². The Hall–Kier alpha value is -1.25. The van der Waals surface area contributed by atoms with E-state index < -0.39 is 0 Å². The summed E-state index contributed by atoms with van der Waals surface area (Å²) < 4.78 is 0. The van der Waals surface area contributed by atoms with E-state index in [4.69, 9.17) is 5.73 Å². The van der Waals surface area contributed by atoms with Gasteiger partial charge >= 0.3 is 0 Å². The van der Waals surface area contributed by atoms with Gasteiger partial charge in [-0.15, -0.1) is 0 Å². The summed E-state index contributed by atoms with van der Waals surface area (Å²) in [6.07, 6.45) is 6.12. The van der Waals surface area contributed by atoms with E-state index >= 15 is 0 Å². The Morgan fingerprint density at radius 3 is 2.62 bits per heavy atom. The molecule has 0 amide bonds. The molecule has 1 aromatic rings. The maximum absolute atomic E-state index is 5.94. The molecule has 2 N–H and O–H groups in total. The Balaban J connectivity index is 1.81. The van der Waals surface area contributed by atoms with Crippen molar-refractivity contribution in [1.82, 2.24) is 4.98 Å². The van der Waals surface area contributed by atoms with Crippen molar-refractivity contribution in [2.24, 2.45) is 11.8 Å². The fourth-order valence-electron chi connectivity index (χ4n) is 3.12. The van der Waals surface area contributed by atoms with E-state index in [1.165, 1.54) is 32.4 Å². The van der Waals surface area contributed by atoms with Gasteiger partial charge in [0.25, 0.3) is 0 Å². The van der Waals surface area contributed by atoms with E-state index in [0.717, 1.165) is 28.9 Å². The molecule has 3 rings (SSSR count). The summed E-state index contributed by atoms with van der Waals surface area (Å²) in [5, 5.41) is 0. The number of nitrogens with two attached hydrogens (primary N) is 1. The second-order valence-electron chi connectivity index (χ2n) is 5.26. The van der Waals surface area contributed by atoms with Crippen molar-refractivity contribution in [3.63, 3.8) is 0 Å². The first-order valence-corrected chi connectivity index (χ1v) is 6.21. The lowest BCUT2D eigenvalue weighted by Gasteiger charge is -2.19. The second kappa shape index (κ2) is 3.65. The van der Waals surface area contributed by atoms with Gasteiger partial charge in [-0.3, -0.25) is 0 Å². The summed E-state index contributed by atoms with van der Waals surface area (Å²) in [5.41, 5.74) is 7.87. The molecule has 2 atom stereocenters. The number of aromatic nitrogens is 1. The summed E-state index contributed by atoms with van der Waals surface area (Å²) in [6, 6.07) is 2.02. The topological polar surface area (TPSA) is 42.2 Å². The smallest absolute Gasteiger partial charge is 0.130 e. The first-order valence-electron chi connectivity index (χ1n) is 6.21. The molecule has 86 valence electrons. The molecule has 16 heavy (non-hydrogen) atoms. The van der Waals surface area contributed by atoms with Gasteiger partial charge in [0, 0.05) is 31.0 Å². The fraction of sp³-hybridized carbons (Fsp3) is 0.615. The highest BCUT2D eigenvalue weighted by Gasteiger charge is 2.36. The molecule has 1 saturated carbocycles. The maximum Gasteiger partial charge on any atom is 0.130 e. The van der Waals surface area contributed by atoms with E-state index in [1.807, 2.05) is 19.2 Å². The summed E-state index contributed by atoms with van der Waals surface area (Å²) in [6.45, 7) is 4.37. The predicted octanol–water partition coefficient (Wildman–Crippen LogP) is 2.21. The lowest BCUT2D eigenvalue weighted by atomic mass is 10.0. The van der Waals surface area contributed by atoms with Crippen LogP contribution in [0.15, 0.2) is 12.3 Å². The number of hydrogen-bond acceptors (Lipinski definition) is 3. The van der Waals surface area contributed by atoms with Crippen LogP contribution in [-0.4, -0.2) is 18.1 Å². The maximum atomic E-state index is 5.94. The zero-order chi connectivity index (χ0) is 11.1. The third-order valence-corrected chi connectivity index (χ3v) is 4.18. The van der Waals surface area contributed by atoms with Gasteiger partial charge in [0.1, 0.15) is 5.82 Å². The van der Waals surface area contributed by atoms with Crippen molar-refractivity contribution >= 4 is 11.5 Å². The molecule has 0 spiro atoms. The Morgan fingerprint density at radius 1 is 1.31 bits per heavy atom. The van der Waals surface area contributed by atoms with Crippen molar-refractivity contribution < 1.29 is 0 Å². The van der Waals surface area contributed by atoms with Gasteiger partial charge in [-0.25, -0.2) is 4.98 Å². The Kier molecular flexibility index (Phi) is 2.27. The third kappa shape index (κ3) is 1.55. The average molecular weight is 217 g/mol. The molecule has 3 heteroatoms. The minimum absolute atomic E-state index is 0.863. The SMILES string of the molecule is Cc1cnc(N2CC3CCCC3C2)cc1N. The van der Waals surface area contributed by atoms with E-state index in [-0.39, 0.29) is 0 Å². The van der Waals surface area contributed by atoms with Crippen LogP contribution in [-0.2, 0) is 0 Å². The van der Waals surface area contributed by atoms with Gasteiger partial charge in [-0.2, -0.15) is 0 Å².